The summed E-state index contributed by atoms with van der Waals surface area (Å²) in [6.07, 6.45) is 3.31. The monoisotopic (exact) mass is 420 g/mol. The molecule has 0 bridgehead atoms. The van der Waals surface area contributed by atoms with Crippen LogP contribution in [0.15, 0.2) is 59.3 Å². The van der Waals surface area contributed by atoms with Crippen LogP contribution in [0.4, 0.5) is 5.82 Å². The quantitative estimate of drug-likeness (QED) is 0.650. The van der Waals surface area contributed by atoms with Gasteiger partial charge in [0.15, 0.2) is 17.3 Å². The van der Waals surface area contributed by atoms with Gasteiger partial charge in [0.1, 0.15) is 0 Å². The summed E-state index contributed by atoms with van der Waals surface area (Å²) < 4.78 is 5.25. The largest absolute Gasteiger partial charge is 0.355 e. The third kappa shape index (κ3) is 4.88. The fraction of sp³-hybridized carbons (Fsp3) is 0.318. The minimum atomic E-state index is -0.434. The first-order valence-electron chi connectivity index (χ1n) is 10.2. The van der Waals surface area contributed by atoms with Crippen molar-refractivity contribution in [1.82, 2.24) is 25.6 Å². The molecule has 2 aromatic heterocycles. The van der Waals surface area contributed by atoms with Crippen LogP contribution >= 0.6 is 0 Å². The maximum Gasteiger partial charge on any atom is 0.273 e. The predicted molar refractivity (Wildman–Crippen MR) is 114 cm³/mol. The van der Waals surface area contributed by atoms with Gasteiger partial charge in [-0.25, -0.2) is 0 Å². The summed E-state index contributed by atoms with van der Waals surface area (Å²) in [5.41, 5.74) is 0.982. The van der Waals surface area contributed by atoms with E-state index in [2.05, 4.69) is 25.6 Å². The fourth-order valence-corrected chi connectivity index (χ4v) is 3.65. The molecule has 9 nitrogen and oxygen atoms in total. The van der Waals surface area contributed by atoms with Crippen LogP contribution in [0.5, 0.6) is 0 Å². The van der Waals surface area contributed by atoms with Gasteiger partial charge in [0.2, 0.25) is 5.91 Å². The van der Waals surface area contributed by atoms with Gasteiger partial charge < -0.3 is 19.6 Å². The van der Waals surface area contributed by atoms with Crippen LogP contribution in [0.3, 0.4) is 0 Å². The van der Waals surface area contributed by atoms with Crippen LogP contribution in [0.1, 0.15) is 23.3 Å². The van der Waals surface area contributed by atoms with E-state index in [1.54, 1.807) is 17.2 Å². The second-order valence-electron chi connectivity index (χ2n) is 7.43. The Morgan fingerprint density at radius 2 is 1.94 bits per heavy atom. The molecule has 0 unspecified atom stereocenters. The average molecular weight is 420 g/mol. The zero-order valence-electron chi connectivity index (χ0n) is 17.3. The maximum atomic E-state index is 12.5. The molecule has 1 fully saturated rings. The third-order valence-corrected chi connectivity index (χ3v) is 5.49. The van der Waals surface area contributed by atoms with Crippen molar-refractivity contribution in [1.29, 1.82) is 0 Å². The lowest BCUT2D eigenvalue weighted by Crippen LogP contribution is -2.48. The molecule has 0 spiro atoms. The van der Waals surface area contributed by atoms with E-state index >= 15 is 0 Å². The number of rotatable bonds is 6. The highest BCUT2D eigenvalue weighted by atomic mass is 16.5. The van der Waals surface area contributed by atoms with Crippen LogP contribution in [0.25, 0.3) is 11.3 Å². The predicted octanol–water partition coefficient (Wildman–Crippen LogP) is 1.99. The van der Waals surface area contributed by atoms with Crippen LogP contribution in [0.2, 0.25) is 0 Å². The van der Waals surface area contributed by atoms with Gasteiger partial charge >= 0.3 is 0 Å². The number of likely N-dealkylation sites (tertiary alicyclic amines) is 1. The van der Waals surface area contributed by atoms with E-state index in [-0.39, 0.29) is 18.1 Å². The molecule has 3 aromatic rings. The molecule has 0 radical (unpaired) electrons. The lowest BCUT2D eigenvalue weighted by atomic mass is 10.0. The Balaban J connectivity index is 1.25. The SMILES string of the molecule is CN(c1cccnn1)C1CCN(C(=O)CNC(=O)c2cc(-c3ccccc3)on2)CC1. The highest BCUT2D eigenvalue weighted by Crippen LogP contribution is 2.21. The number of carbonyl (C=O) groups is 2. The molecule has 1 aliphatic heterocycles. The van der Waals surface area contributed by atoms with E-state index in [0.29, 0.717) is 24.9 Å². The van der Waals surface area contributed by atoms with Gasteiger partial charge in [0.05, 0.1) is 6.54 Å². The zero-order chi connectivity index (χ0) is 21.6. The van der Waals surface area contributed by atoms with Crippen LogP contribution < -0.4 is 10.2 Å². The molecule has 31 heavy (non-hydrogen) atoms. The Morgan fingerprint density at radius 3 is 2.65 bits per heavy atom. The average Bonchev–Trinajstić information content (AvgIpc) is 3.34. The van der Waals surface area contributed by atoms with Gasteiger partial charge in [0, 0.05) is 44.0 Å². The van der Waals surface area contributed by atoms with Crippen molar-refractivity contribution in [3.63, 3.8) is 0 Å². The number of piperidine rings is 1. The number of nitrogens with zero attached hydrogens (tertiary/aromatic N) is 5. The minimum absolute atomic E-state index is 0.0724. The maximum absolute atomic E-state index is 12.5. The van der Waals surface area contributed by atoms with Crippen LogP contribution in [0, 0.1) is 0 Å². The Hall–Kier alpha value is -3.75. The van der Waals surface area contributed by atoms with E-state index in [9.17, 15) is 9.59 Å². The van der Waals surface area contributed by atoms with Crippen LogP contribution in [-0.4, -0.2) is 64.8 Å². The Morgan fingerprint density at radius 1 is 1.16 bits per heavy atom. The number of carbonyl (C=O) groups excluding carboxylic acids is 2. The number of hydrogen-bond acceptors (Lipinski definition) is 7. The lowest BCUT2D eigenvalue weighted by molar-refractivity contribution is -0.131. The Bertz CT molecular complexity index is 1020. The second-order valence-corrected chi connectivity index (χ2v) is 7.43. The molecule has 1 aromatic carbocycles. The van der Waals surface area contributed by atoms with E-state index in [1.807, 2.05) is 49.5 Å². The van der Waals surface area contributed by atoms with Gasteiger partial charge in [0.25, 0.3) is 5.91 Å². The van der Waals surface area contributed by atoms with E-state index in [1.165, 1.54) is 0 Å². The molecular weight excluding hydrogens is 396 g/mol. The number of nitrogens with one attached hydrogen (secondary N) is 1. The topological polar surface area (TPSA) is 104 Å². The van der Waals surface area contributed by atoms with Gasteiger partial charge in [-0.1, -0.05) is 35.5 Å². The van der Waals surface area contributed by atoms with Crippen molar-refractivity contribution in [2.24, 2.45) is 0 Å². The summed E-state index contributed by atoms with van der Waals surface area (Å²) in [5.74, 6) is 0.783. The normalized spacial score (nSPS) is 14.3. The van der Waals surface area contributed by atoms with Crippen molar-refractivity contribution in [3.8, 4) is 11.3 Å². The van der Waals surface area contributed by atoms with Gasteiger partial charge in [-0.2, -0.15) is 5.10 Å². The van der Waals surface area contributed by atoms with Gasteiger partial charge in [-0.15, -0.1) is 5.10 Å². The molecular formula is C22H24N6O3. The van der Waals surface area contributed by atoms with Crippen molar-refractivity contribution < 1.29 is 14.1 Å². The minimum Gasteiger partial charge on any atom is -0.355 e. The number of anilines is 1. The molecule has 1 aliphatic rings. The number of aromatic nitrogens is 3. The van der Waals surface area contributed by atoms with Crippen molar-refractivity contribution >= 4 is 17.6 Å². The molecule has 3 heterocycles. The fourth-order valence-electron chi connectivity index (χ4n) is 3.65. The van der Waals surface area contributed by atoms with Crippen molar-refractivity contribution in [2.75, 3.05) is 31.6 Å². The lowest BCUT2D eigenvalue weighted by Gasteiger charge is -2.37. The van der Waals surface area contributed by atoms with Crippen LogP contribution in [-0.2, 0) is 4.79 Å². The molecule has 1 N–H and O–H groups in total. The van der Waals surface area contributed by atoms with Crippen molar-refractivity contribution in [2.45, 2.75) is 18.9 Å². The Kier molecular flexibility index (Phi) is 6.21. The van der Waals surface area contributed by atoms with Gasteiger partial charge in [-0.3, -0.25) is 9.59 Å². The van der Waals surface area contributed by atoms with Crippen molar-refractivity contribution in [3.05, 3.63) is 60.4 Å². The van der Waals surface area contributed by atoms with E-state index in [0.717, 1.165) is 24.2 Å². The standard InChI is InChI=1S/C22H24N6O3/c1-27(20-8-5-11-24-25-20)17-9-12-28(13-10-17)21(29)15-23-22(30)18-14-19(31-26-18)16-6-3-2-4-7-16/h2-8,11,14,17H,9-10,12-13,15H2,1H3,(H,23,30). The summed E-state index contributed by atoms with van der Waals surface area (Å²) in [6, 6.07) is 15.1. The van der Waals surface area contributed by atoms with E-state index < -0.39 is 5.91 Å². The zero-order valence-corrected chi connectivity index (χ0v) is 17.3. The number of hydrogen-bond donors (Lipinski definition) is 1. The summed E-state index contributed by atoms with van der Waals surface area (Å²) in [4.78, 5) is 28.8. The first kappa shape index (κ1) is 20.5. The molecule has 2 amide bonds. The molecule has 1 saturated heterocycles. The number of amides is 2. The number of benzene rings is 1. The second kappa shape index (κ2) is 9.38. The molecule has 0 saturated carbocycles. The highest BCUT2D eigenvalue weighted by Gasteiger charge is 2.26. The molecule has 0 atom stereocenters. The summed E-state index contributed by atoms with van der Waals surface area (Å²) in [5, 5.41) is 14.5. The highest BCUT2D eigenvalue weighted by molar-refractivity contribution is 5.95. The van der Waals surface area contributed by atoms with Gasteiger partial charge in [-0.05, 0) is 25.0 Å². The summed E-state index contributed by atoms with van der Waals surface area (Å²) in [7, 11) is 1.99. The molecule has 9 heteroatoms. The molecule has 4 rings (SSSR count). The third-order valence-electron chi connectivity index (χ3n) is 5.49. The summed E-state index contributed by atoms with van der Waals surface area (Å²) in [6.45, 7) is 1.19. The first-order chi connectivity index (χ1) is 15.1. The first-order valence-corrected chi connectivity index (χ1v) is 10.2. The smallest absolute Gasteiger partial charge is 0.273 e. The van der Waals surface area contributed by atoms with E-state index in [4.69, 9.17) is 4.52 Å². The molecule has 160 valence electrons. The Labute approximate surface area is 180 Å². The molecule has 0 aliphatic carbocycles. The summed E-state index contributed by atoms with van der Waals surface area (Å²) >= 11 is 0.